The first-order valence-corrected chi connectivity index (χ1v) is 7.21. The number of aromatic carboxylic acids is 1. The second-order valence-corrected chi connectivity index (χ2v) is 5.32. The van der Waals surface area contributed by atoms with E-state index in [1.54, 1.807) is 0 Å². The molecule has 2 rings (SSSR count). The molecule has 6 nitrogen and oxygen atoms in total. The summed E-state index contributed by atoms with van der Waals surface area (Å²) >= 11 is 0. The van der Waals surface area contributed by atoms with E-state index < -0.39 is 11.9 Å². The minimum Gasteiger partial charge on any atom is -0.477 e. The number of nitrogens with zero attached hydrogens (tertiary/aromatic N) is 1. The Bertz CT molecular complexity index is 478. The molecule has 0 aromatic carbocycles. The molecule has 0 saturated heterocycles. The second-order valence-electron chi connectivity index (χ2n) is 5.32. The molecule has 1 aromatic heterocycles. The smallest absolute Gasteiger partial charge is 0.354 e. The van der Waals surface area contributed by atoms with Crippen LogP contribution >= 0.6 is 0 Å². The highest BCUT2D eigenvalue weighted by Crippen LogP contribution is 2.27. The van der Waals surface area contributed by atoms with Crippen molar-refractivity contribution in [3.63, 3.8) is 0 Å². The van der Waals surface area contributed by atoms with Gasteiger partial charge in [0.1, 0.15) is 0 Å². The third-order valence-corrected chi connectivity index (χ3v) is 4.04. The van der Waals surface area contributed by atoms with E-state index in [9.17, 15) is 9.59 Å². The molecule has 1 fully saturated rings. The first kappa shape index (κ1) is 14.6. The first-order chi connectivity index (χ1) is 9.63. The molecular formula is C14H21N3O3. The van der Waals surface area contributed by atoms with Gasteiger partial charge in [0, 0.05) is 6.04 Å². The zero-order chi connectivity index (χ0) is 14.5. The fourth-order valence-electron chi connectivity index (χ4n) is 2.96. The number of hydrogen-bond acceptors (Lipinski definition) is 3. The SMILES string of the molecule is CCC(NC(=O)c1nc[nH]c1C(=O)O)C1CCCCC1. The number of aromatic amines is 1. The van der Waals surface area contributed by atoms with Crippen LogP contribution in [0.5, 0.6) is 0 Å². The van der Waals surface area contributed by atoms with Crippen molar-refractivity contribution in [3.8, 4) is 0 Å². The lowest BCUT2D eigenvalue weighted by molar-refractivity contribution is 0.0683. The highest BCUT2D eigenvalue weighted by molar-refractivity contribution is 6.02. The van der Waals surface area contributed by atoms with Crippen LogP contribution in [-0.4, -0.2) is 33.0 Å². The lowest BCUT2D eigenvalue weighted by Crippen LogP contribution is -2.41. The van der Waals surface area contributed by atoms with Gasteiger partial charge >= 0.3 is 5.97 Å². The van der Waals surface area contributed by atoms with Crippen LogP contribution < -0.4 is 5.32 Å². The Morgan fingerprint density at radius 1 is 1.45 bits per heavy atom. The van der Waals surface area contributed by atoms with E-state index in [0.717, 1.165) is 19.3 Å². The molecule has 6 heteroatoms. The standard InChI is InChI=1S/C14H21N3O3/c1-2-10(9-6-4-3-5-7-9)17-13(18)11-12(14(19)20)16-8-15-11/h8-10H,2-7H2,1H3,(H,15,16)(H,17,18)(H,19,20). The van der Waals surface area contributed by atoms with Gasteiger partial charge in [-0.05, 0) is 25.2 Å². The average Bonchev–Trinajstić information content (AvgIpc) is 2.95. The molecule has 1 atom stereocenters. The molecule has 0 radical (unpaired) electrons. The Hall–Kier alpha value is -1.85. The number of imidazole rings is 1. The summed E-state index contributed by atoms with van der Waals surface area (Å²) < 4.78 is 0. The minimum absolute atomic E-state index is 0.0354. The Balaban J connectivity index is 2.04. The lowest BCUT2D eigenvalue weighted by Gasteiger charge is -2.30. The maximum absolute atomic E-state index is 12.2. The molecule has 1 saturated carbocycles. The van der Waals surface area contributed by atoms with Gasteiger partial charge in [-0.25, -0.2) is 9.78 Å². The fourth-order valence-corrected chi connectivity index (χ4v) is 2.96. The predicted molar refractivity (Wildman–Crippen MR) is 73.7 cm³/mol. The van der Waals surface area contributed by atoms with Crippen LogP contribution in [0, 0.1) is 5.92 Å². The van der Waals surface area contributed by atoms with Crippen molar-refractivity contribution in [2.45, 2.75) is 51.5 Å². The zero-order valence-corrected chi connectivity index (χ0v) is 11.7. The van der Waals surface area contributed by atoms with Gasteiger partial charge in [0.05, 0.1) is 6.33 Å². The van der Waals surface area contributed by atoms with Crippen LogP contribution in [0.4, 0.5) is 0 Å². The summed E-state index contributed by atoms with van der Waals surface area (Å²) in [6.07, 6.45) is 8.03. The third-order valence-electron chi connectivity index (χ3n) is 4.04. The number of rotatable bonds is 5. The van der Waals surface area contributed by atoms with Gasteiger partial charge in [-0.15, -0.1) is 0 Å². The Kier molecular flexibility index (Phi) is 4.76. The largest absolute Gasteiger partial charge is 0.477 e. The van der Waals surface area contributed by atoms with Crippen LogP contribution in [0.3, 0.4) is 0 Å². The van der Waals surface area contributed by atoms with Crippen LogP contribution in [0.25, 0.3) is 0 Å². The molecule has 110 valence electrons. The summed E-state index contributed by atoms with van der Waals surface area (Å²) in [5, 5.41) is 11.9. The van der Waals surface area contributed by atoms with E-state index in [1.165, 1.54) is 25.6 Å². The number of carbonyl (C=O) groups is 2. The maximum Gasteiger partial charge on any atom is 0.354 e. The number of carboxylic acids is 1. The summed E-state index contributed by atoms with van der Waals surface area (Å²) in [7, 11) is 0. The zero-order valence-electron chi connectivity index (χ0n) is 11.7. The van der Waals surface area contributed by atoms with E-state index in [0.29, 0.717) is 5.92 Å². The summed E-state index contributed by atoms with van der Waals surface area (Å²) in [6.45, 7) is 2.04. The summed E-state index contributed by atoms with van der Waals surface area (Å²) in [6, 6.07) is 0.0983. The molecule has 1 amide bonds. The highest BCUT2D eigenvalue weighted by atomic mass is 16.4. The number of nitrogens with one attached hydrogen (secondary N) is 2. The average molecular weight is 279 g/mol. The van der Waals surface area contributed by atoms with Crippen molar-refractivity contribution in [3.05, 3.63) is 17.7 Å². The molecule has 20 heavy (non-hydrogen) atoms. The van der Waals surface area contributed by atoms with Crippen molar-refractivity contribution in [2.75, 3.05) is 0 Å². The molecule has 1 aromatic rings. The van der Waals surface area contributed by atoms with Gasteiger partial charge < -0.3 is 15.4 Å². The predicted octanol–water partition coefficient (Wildman–Crippen LogP) is 2.20. The topological polar surface area (TPSA) is 95.1 Å². The molecular weight excluding hydrogens is 258 g/mol. The number of H-pyrrole nitrogens is 1. The van der Waals surface area contributed by atoms with Crippen molar-refractivity contribution >= 4 is 11.9 Å². The van der Waals surface area contributed by atoms with Gasteiger partial charge in [0.15, 0.2) is 11.4 Å². The number of carbonyl (C=O) groups excluding carboxylic acids is 1. The van der Waals surface area contributed by atoms with Crippen LogP contribution in [0.15, 0.2) is 6.33 Å². The van der Waals surface area contributed by atoms with Gasteiger partial charge in [-0.1, -0.05) is 26.2 Å². The molecule has 0 bridgehead atoms. The fraction of sp³-hybridized carbons (Fsp3) is 0.643. The van der Waals surface area contributed by atoms with Gasteiger partial charge in [-0.3, -0.25) is 4.79 Å². The summed E-state index contributed by atoms with van der Waals surface area (Å²) in [4.78, 5) is 29.5. The maximum atomic E-state index is 12.2. The highest BCUT2D eigenvalue weighted by Gasteiger charge is 2.26. The van der Waals surface area contributed by atoms with E-state index in [1.807, 2.05) is 6.92 Å². The van der Waals surface area contributed by atoms with Crippen LogP contribution in [-0.2, 0) is 0 Å². The normalized spacial score (nSPS) is 17.6. The molecule has 0 spiro atoms. The molecule has 1 aliphatic carbocycles. The molecule has 1 aliphatic rings. The first-order valence-electron chi connectivity index (χ1n) is 7.21. The van der Waals surface area contributed by atoms with E-state index >= 15 is 0 Å². The number of carboxylic acid groups (broad SMARTS) is 1. The van der Waals surface area contributed by atoms with Gasteiger partial charge in [0.25, 0.3) is 5.91 Å². The van der Waals surface area contributed by atoms with Crippen molar-refractivity contribution in [1.82, 2.24) is 15.3 Å². The van der Waals surface area contributed by atoms with E-state index in [-0.39, 0.29) is 17.4 Å². The van der Waals surface area contributed by atoms with E-state index in [2.05, 4.69) is 15.3 Å². The minimum atomic E-state index is -1.17. The quantitative estimate of drug-likeness (QED) is 0.770. The molecule has 3 N–H and O–H groups in total. The molecule has 0 aliphatic heterocycles. The summed E-state index contributed by atoms with van der Waals surface area (Å²) in [5.41, 5.74) is -0.187. The number of hydrogen-bond donors (Lipinski definition) is 3. The Morgan fingerprint density at radius 2 is 2.15 bits per heavy atom. The lowest BCUT2D eigenvalue weighted by atomic mass is 9.83. The second kappa shape index (κ2) is 6.54. The Morgan fingerprint density at radius 3 is 2.75 bits per heavy atom. The van der Waals surface area contributed by atoms with Gasteiger partial charge in [0.2, 0.25) is 0 Å². The van der Waals surface area contributed by atoms with Crippen molar-refractivity contribution in [1.29, 1.82) is 0 Å². The monoisotopic (exact) mass is 279 g/mol. The van der Waals surface area contributed by atoms with Crippen LogP contribution in [0.1, 0.15) is 66.4 Å². The Labute approximate surface area is 118 Å². The van der Waals surface area contributed by atoms with Gasteiger partial charge in [-0.2, -0.15) is 0 Å². The number of amides is 1. The van der Waals surface area contributed by atoms with E-state index in [4.69, 9.17) is 5.11 Å². The molecule has 1 unspecified atom stereocenters. The third kappa shape index (κ3) is 3.18. The number of aromatic nitrogens is 2. The van der Waals surface area contributed by atoms with Crippen LogP contribution in [0.2, 0.25) is 0 Å². The summed E-state index contributed by atoms with van der Waals surface area (Å²) in [5.74, 6) is -1.08. The molecule has 1 heterocycles. The van der Waals surface area contributed by atoms with Crippen molar-refractivity contribution < 1.29 is 14.7 Å². The van der Waals surface area contributed by atoms with Crippen molar-refractivity contribution in [2.24, 2.45) is 5.92 Å².